The zero-order chi connectivity index (χ0) is 10.7. The second kappa shape index (κ2) is 3.91. The third kappa shape index (κ3) is 1.90. The Balaban J connectivity index is 3.25. The molecule has 0 aliphatic heterocycles. The van der Waals surface area contributed by atoms with Crippen LogP contribution in [0, 0.1) is 0 Å². The smallest absolute Gasteiger partial charge is 0.335 e. The van der Waals surface area contributed by atoms with Crippen LogP contribution in [0.2, 0.25) is 0 Å². The van der Waals surface area contributed by atoms with E-state index in [1.165, 1.54) is 12.1 Å². The van der Waals surface area contributed by atoms with Crippen LogP contribution in [0.15, 0.2) is 18.2 Å². The van der Waals surface area contributed by atoms with Crippen LogP contribution in [0.5, 0.6) is 0 Å². The highest BCUT2D eigenvalue weighted by atomic mass is 16.4. The topological polar surface area (TPSA) is 57.6 Å². The molecule has 0 radical (unpaired) electrons. The van der Waals surface area contributed by atoms with Crippen molar-refractivity contribution in [2.24, 2.45) is 0 Å². The van der Waals surface area contributed by atoms with Crippen molar-refractivity contribution >= 4 is 17.9 Å². The number of aldehydes is 1. The van der Waals surface area contributed by atoms with Gasteiger partial charge in [0.2, 0.25) is 0 Å². The average molecular weight is 193 g/mol. The largest absolute Gasteiger partial charge is 0.478 e. The third-order valence-corrected chi connectivity index (χ3v) is 1.88. The van der Waals surface area contributed by atoms with Gasteiger partial charge in [0.1, 0.15) is 0 Å². The number of rotatable bonds is 3. The highest BCUT2D eigenvalue weighted by Crippen LogP contribution is 2.18. The Morgan fingerprint density at radius 1 is 1.43 bits per heavy atom. The summed E-state index contributed by atoms with van der Waals surface area (Å²) in [6.07, 6.45) is 0.655. The van der Waals surface area contributed by atoms with E-state index in [2.05, 4.69) is 0 Å². The molecule has 0 atom stereocenters. The number of hydrogen-bond donors (Lipinski definition) is 1. The van der Waals surface area contributed by atoms with Gasteiger partial charge >= 0.3 is 5.97 Å². The molecular weight excluding hydrogens is 182 g/mol. The molecule has 1 aromatic carbocycles. The molecule has 0 aromatic heterocycles. The number of hydrogen-bond acceptors (Lipinski definition) is 3. The molecule has 0 saturated carbocycles. The first-order valence-electron chi connectivity index (χ1n) is 4.06. The van der Waals surface area contributed by atoms with Gasteiger partial charge in [-0.2, -0.15) is 0 Å². The molecule has 0 amide bonds. The maximum absolute atomic E-state index is 10.7. The highest BCUT2D eigenvalue weighted by molar-refractivity contribution is 5.93. The maximum atomic E-state index is 10.7. The fourth-order valence-corrected chi connectivity index (χ4v) is 1.19. The van der Waals surface area contributed by atoms with Crippen molar-refractivity contribution in [1.82, 2.24) is 0 Å². The van der Waals surface area contributed by atoms with Crippen molar-refractivity contribution < 1.29 is 14.7 Å². The molecule has 0 heterocycles. The lowest BCUT2D eigenvalue weighted by molar-refractivity contribution is 0.0697. The van der Waals surface area contributed by atoms with Gasteiger partial charge in [-0.25, -0.2) is 4.79 Å². The summed E-state index contributed by atoms with van der Waals surface area (Å²) < 4.78 is 0. The van der Waals surface area contributed by atoms with Gasteiger partial charge < -0.3 is 10.0 Å². The summed E-state index contributed by atoms with van der Waals surface area (Å²) in [5, 5.41) is 8.70. The van der Waals surface area contributed by atoms with Crippen LogP contribution < -0.4 is 4.90 Å². The van der Waals surface area contributed by atoms with Gasteiger partial charge in [0.05, 0.1) is 5.56 Å². The first kappa shape index (κ1) is 10.2. The van der Waals surface area contributed by atoms with E-state index in [4.69, 9.17) is 5.11 Å². The lowest BCUT2D eigenvalue weighted by atomic mass is 10.1. The molecule has 0 aliphatic carbocycles. The van der Waals surface area contributed by atoms with Gasteiger partial charge in [0.15, 0.2) is 6.29 Å². The molecule has 0 fully saturated rings. The summed E-state index contributed by atoms with van der Waals surface area (Å²) in [5.74, 6) is -1.03. The molecule has 1 N–H and O–H groups in total. The van der Waals surface area contributed by atoms with E-state index < -0.39 is 5.97 Å². The highest BCUT2D eigenvalue weighted by Gasteiger charge is 2.08. The molecule has 0 aliphatic rings. The minimum Gasteiger partial charge on any atom is -0.478 e. The van der Waals surface area contributed by atoms with Crippen LogP contribution >= 0.6 is 0 Å². The standard InChI is InChI=1S/C10H11NO3/c1-11(2)9-4-3-7(10(13)14)5-8(9)6-12/h3-6H,1-2H3,(H,13,14). The van der Waals surface area contributed by atoms with E-state index >= 15 is 0 Å². The monoisotopic (exact) mass is 193 g/mol. The number of nitrogens with zero attached hydrogens (tertiary/aromatic N) is 1. The van der Waals surface area contributed by atoms with Gasteiger partial charge in [0.25, 0.3) is 0 Å². The molecule has 0 unspecified atom stereocenters. The number of benzene rings is 1. The fourth-order valence-electron chi connectivity index (χ4n) is 1.19. The predicted molar refractivity (Wildman–Crippen MR) is 53.1 cm³/mol. The van der Waals surface area contributed by atoms with Gasteiger partial charge in [-0.05, 0) is 18.2 Å². The molecule has 0 saturated heterocycles. The third-order valence-electron chi connectivity index (χ3n) is 1.88. The van der Waals surface area contributed by atoms with E-state index in [9.17, 15) is 9.59 Å². The normalized spacial score (nSPS) is 9.57. The van der Waals surface area contributed by atoms with Crippen molar-refractivity contribution in [2.45, 2.75) is 0 Å². The van der Waals surface area contributed by atoms with E-state index in [1.54, 1.807) is 25.1 Å². The Morgan fingerprint density at radius 2 is 2.07 bits per heavy atom. The van der Waals surface area contributed by atoms with Gasteiger partial charge in [-0.15, -0.1) is 0 Å². The Kier molecular flexibility index (Phi) is 2.86. The zero-order valence-electron chi connectivity index (χ0n) is 8.02. The van der Waals surface area contributed by atoms with Crippen molar-refractivity contribution in [3.8, 4) is 0 Å². The van der Waals surface area contributed by atoms with Crippen LogP contribution in [0.4, 0.5) is 5.69 Å². The zero-order valence-corrected chi connectivity index (χ0v) is 8.02. The van der Waals surface area contributed by atoms with Crippen LogP contribution in [0.3, 0.4) is 0 Å². The molecule has 1 aromatic rings. The van der Waals surface area contributed by atoms with E-state index in [0.717, 1.165) is 0 Å². The maximum Gasteiger partial charge on any atom is 0.335 e. The summed E-state index contributed by atoms with van der Waals surface area (Å²) in [7, 11) is 3.59. The molecule has 4 heteroatoms. The second-order valence-corrected chi connectivity index (χ2v) is 3.09. The number of anilines is 1. The fraction of sp³-hybridized carbons (Fsp3) is 0.200. The summed E-state index contributed by atoms with van der Waals surface area (Å²) in [4.78, 5) is 23.1. The van der Waals surface area contributed by atoms with Crippen molar-refractivity contribution in [3.63, 3.8) is 0 Å². The van der Waals surface area contributed by atoms with Crippen molar-refractivity contribution in [3.05, 3.63) is 29.3 Å². The summed E-state index contributed by atoms with van der Waals surface area (Å²) in [6, 6.07) is 4.46. The minimum absolute atomic E-state index is 0.123. The number of carboxylic acid groups (broad SMARTS) is 1. The predicted octanol–water partition coefficient (Wildman–Crippen LogP) is 1.26. The van der Waals surface area contributed by atoms with Gasteiger partial charge in [-0.1, -0.05) is 0 Å². The molecule has 14 heavy (non-hydrogen) atoms. The van der Waals surface area contributed by atoms with Crippen LogP contribution in [-0.4, -0.2) is 31.5 Å². The Bertz CT molecular complexity index is 372. The summed E-state index contributed by atoms with van der Waals surface area (Å²) in [6.45, 7) is 0. The first-order valence-corrected chi connectivity index (χ1v) is 4.06. The average Bonchev–Trinajstić information content (AvgIpc) is 2.16. The minimum atomic E-state index is -1.03. The van der Waals surface area contributed by atoms with E-state index in [-0.39, 0.29) is 5.56 Å². The van der Waals surface area contributed by atoms with E-state index in [1.807, 2.05) is 0 Å². The quantitative estimate of drug-likeness (QED) is 0.734. The summed E-state index contributed by atoms with van der Waals surface area (Å²) >= 11 is 0. The Labute approximate surface area is 81.8 Å². The van der Waals surface area contributed by atoms with Crippen LogP contribution in [-0.2, 0) is 0 Å². The first-order chi connectivity index (χ1) is 6.56. The number of carboxylic acids is 1. The SMILES string of the molecule is CN(C)c1ccc(C(=O)O)cc1C=O. The molecule has 4 nitrogen and oxygen atoms in total. The number of carbonyl (C=O) groups is 2. The Hall–Kier alpha value is -1.84. The Morgan fingerprint density at radius 3 is 2.50 bits per heavy atom. The van der Waals surface area contributed by atoms with Crippen LogP contribution in [0.1, 0.15) is 20.7 Å². The molecular formula is C10H11NO3. The van der Waals surface area contributed by atoms with Crippen molar-refractivity contribution in [2.75, 3.05) is 19.0 Å². The number of aromatic carboxylic acids is 1. The lowest BCUT2D eigenvalue weighted by Gasteiger charge is -2.14. The van der Waals surface area contributed by atoms with Crippen LogP contribution in [0.25, 0.3) is 0 Å². The van der Waals surface area contributed by atoms with Crippen molar-refractivity contribution in [1.29, 1.82) is 0 Å². The summed E-state index contributed by atoms with van der Waals surface area (Å²) in [5.41, 5.74) is 1.22. The second-order valence-electron chi connectivity index (χ2n) is 3.09. The number of carbonyl (C=O) groups excluding carboxylic acids is 1. The van der Waals surface area contributed by atoms with Gasteiger partial charge in [-0.3, -0.25) is 4.79 Å². The molecule has 74 valence electrons. The van der Waals surface area contributed by atoms with Gasteiger partial charge in [0, 0.05) is 25.3 Å². The molecule has 0 spiro atoms. The lowest BCUT2D eigenvalue weighted by Crippen LogP contribution is -2.12. The molecule has 0 bridgehead atoms. The molecule has 1 rings (SSSR count). The van der Waals surface area contributed by atoms with E-state index in [0.29, 0.717) is 17.5 Å².